The predicted octanol–water partition coefficient (Wildman–Crippen LogP) is 3.05. The lowest BCUT2D eigenvalue weighted by atomic mass is 9.80. The highest BCUT2D eigenvalue weighted by molar-refractivity contribution is 5.81. The molecule has 0 aromatic carbocycles. The van der Waals surface area contributed by atoms with Crippen molar-refractivity contribution in [1.29, 1.82) is 0 Å². The average Bonchev–Trinajstić information content (AvgIpc) is 2.68. The third-order valence-electron chi connectivity index (χ3n) is 3.63. The van der Waals surface area contributed by atoms with E-state index in [-0.39, 0.29) is 5.41 Å². The molecule has 0 bridgehead atoms. The zero-order valence-electron chi connectivity index (χ0n) is 11.3. The lowest BCUT2D eigenvalue weighted by molar-refractivity contribution is -0.0313. The van der Waals surface area contributed by atoms with E-state index >= 15 is 0 Å². The van der Waals surface area contributed by atoms with Gasteiger partial charge in [0.25, 0.3) is 0 Å². The molecule has 0 saturated carbocycles. The molecule has 3 nitrogen and oxygen atoms in total. The van der Waals surface area contributed by atoms with Gasteiger partial charge in [-0.1, -0.05) is 20.8 Å². The van der Waals surface area contributed by atoms with Crippen LogP contribution in [0, 0.1) is 5.92 Å². The SMILES string of the molecule is CC(C)(C)c1c(CC2COC2)cnc2[nH]ccc12. The lowest BCUT2D eigenvalue weighted by Gasteiger charge is -2.29. The topological polar surface area (TPSA) is 37.9 Å². The Morgan fingerprint density at radius 1 is 1.39 bits per heavy atom. The minimum Gasteiger partial charge on any atom is -0.381 e. The summed E-state index contributed by atoms with van der Waals surface area (Å²) in [7, 11) is 0. The maximum atomic E-state index is 5.28. The number of nitrogens with zero attached hydrogens (tertiary/aromatic N) is 1. The molecule has 2 aromatic heterocycles. The van der Waals surface area contributed by atoms with Gasteiger partial charge in [-0.05, 0) is 29.0 Å². The smallest absolute Gasteiger partial charge is 0.137 e. The van der Waals surface area contributed by atoms with E-state index in [0.29, 0.717) is 5.92 Å². The summed E-state index contributed by atoms with van der Waals surface area (Å²) in [5.41, 5.74) is 3.95. The molecule has 0 atom stereocenters. The fourth-order valence-electron chi connectivity index (χ4n) is 2.80. The Hall–Kier alpha value is -1.35. The maximum absolute atomic E-state index is 5.28. The van der Waals surface area contributed by atoms with Crippen molar-refractivity contribution in [2.24, 2.45) is 5.92 Å². The first-order chi connectivity index (χ1) is 8.55. The van der Waals surface area contributed by atoms with E-state index in [1.165, 1.54) is 16.5 Å². The molecule has 0 amide bonds. The number of aromatic amines is 1. The van der Waals surface area contributed by atoms with Crippen LogP contribution in [0.2, 0.25) is 0 Å². The molecule has 3 heterocycles. The fraction of sp³-hybridized carbons (Fsp3) is 0.533. The van der Waals surface area contributed by atoms with Crippen LogP contribution in [-0.4, -0.2) is 23.2 Å². The van der Waals surface area contributed by atoms with Crippen LogP contribution in [0.15, 0.2) is 18.5 Å². The fourth-order valence-corrected chi connectivity index (χ4v) is 2.80. The second kappa shape index (κ2) is 4.09. The van der Waals surface area contributed by atoms with E-state index in [0.717, 1.165) is 25.3 Å². The van der Waals surface area contributed by atoms with E-state index in [1.807, 2.05) is 12.4 Å². The van der Waals surface area contributed by atoms with Gasteiger partial charge in [0.1, 0.15) is 5.65 Å². The van der Waals surface area contributed by atoms with Gasteiger partial charge in [-0.15, -0.1) is 0 Å². The number of fused-ring (bicyclic) bond motifs is 1. The van der Waals surface area contributed by atoms with Crippen molar-refractivity contribution >= 4 is 11.0 Å². The Morgan fingerprint density at radius 3 is 2.78 bits per heavy atom. The minimum absolute atomic E-state index is 0.142. The van der Waals surface area contributed by atoms with Crippen LogP contribution in [0.1, 0.15) is 31.9 Å². The van der Waals surface area contributed by atoms with Gasteiger partial charge in [-0.2, -0.15) is 0 Å². The predicted molar refractivity (Wildman–Crippen MR) is 72.8 cm³/mol. The molecule has 1 aliphatic heterocycles. The van der Waals surface area contributed by atoms with Crippen molar-refractivity contribution in [3.63, 3.8) is 0 Å². The highest BCUT2D eigenvalue weighted by atomic mass is 16.5. The standard InChI is InChI=1S/C15H20N2O/c1-15(2,3)13-11(6-10-8-18-9-10)7-17-14-12(13)4-5-16-14/h4-5,7,10H,6,8-9H2,1-3H3,(H,16,17). The Balaban J connectivity index is 2.10. The monoisotopic (exact) mass is 244 g/mol. The summed E-state index contributed by atoms with van der Waals surface area (Å²) in [5, 5.41) is 1.26. The van der Waals surface area contributed by atoms with Crippen molar-refractivity contribution in [3.05, 3.63) is 29.6 Å². The van der Waals surface area contributed by atoms with Crippen molar-refractivity contribution in [2.45, 2.75) is 32.6 Å². The van der Waals surface area contributed by atoms with Gasteiger partial charge in [0.15, 0.2) is 0 Å². The van der Waals surface area contributed by atoms with Crippen LogP contribution in [-0.2, 0) is 16.6 Å². The minimum atomic E-state index is 0.142. The van der Waals surface area contributed by atoms with Crippen LogP contribution < -0.4 is 0 Å². The van der Waals surface area contributed by atoms with Gasteiger partial charge in [-0.3, -0.25) is 0 Å². The highest BCUT2D eigenvalue weighted by Crippen LogP contribution is 2.33. The molecule has 3 rings (SSSR count). The molecule has 1 saturated heterocycles. The number of ether oxygens (including phenoxy) is 1. The van der Waals surface area contributed by atoms with E-state index < -0.39 is 0 Å². The molecule has 0 unspecified atom stereocenters. The van der Waals surface area contributed by atoms with Gasteiger partial charge in [0.2, 0.25) is 0 Å². The molecule has 18 heavy (non-hydrogen) atoms. The summed E-state index contributed by atoms with van der Waals surface area (Å²) in [6.07, 6.45) is 5.10. The number of H-pyrrole nitrogens is 1. The second-order valence-corrected chi connectivity index (χ2v) is 6.26. The van der Waals surface area contributed by atoms with Crippen LogP contribution in [0.5, 0.6) is 0 Å². The molecule has 1 N–H and O–H groups in total. The van der Waals surface area contributed by atoms with Crippen LogP contribution in [0.25, 0.3) is 11.0 Å². The van der Waals surface area contributed by atoms with Gasteiger partial charge in [0.05, 0.1) is 13.2 Å². The van der Waals surface area contributed by atoms with Crippen molar-refractivity contribution < 1.29 is 4.74 Å². The number of hydrogen-bond acceptors (Lipinski definition) is 2. The Bertz CT molecular complexity index is 561. The zero-order valence-corrected chi connectivity index (χ0v) is 11.3. The first kappa shape index (κ1) is 11.7. The Kier molecular flexibility index (Phi) is 2.67. The lowest BCUT2D eigenvalue weighted by Crippen LogP contribution is -2.30. The average molecular weight is 244 g/mol. The third-order valence-corrected chi connectivity index (χ3v) is 3.63. The molecule has 0 aliphatic carbocycles. The van der Waals surface area contributed by atoms with Gasteiger partial charge < -0.3 is 9.72 Å². The van der Waals surface area contributed by atoms with E-state index in [1.54, 1.807) is 0 Å². The summed E-state index contributed by atoms with van der Waals surface area (Å²) < 4.78 is 5.28. The summed E-state index contributed by atoms with van der Waals surface area (Å²) in [4.78, 5) is 7.74. The summed E-state index contributed by atoms with van der Waals surface area (Å²) >= 11 is 0. The first-order valence-corrected chi connectivity index (χ1v) is 6.59. The largest absolute Gasteiger partial charge is 0.381 e. The highest BCUT2D eigenvalue weighted by Gasteiger charge is 2.26. The first-order valence-electron chi connectivity index (χ1n) is 6.59. The zero-order chi connectivity index (χ0) is 12.8. The number of rotatable bonds is 2. The Labute approximate surface area is 108 Å². The molecule has 1 aliphatic rings. The van der Waals surface area contributed by atoms with Gasteiger partial charge in [-0.25, -0.2) is 4.98 Å². The number of aromatic nitrogens is 2. The summed E-state index contributed by atoms with van der Waals surface area (Å²) in [5.74, 6) is 0.671. The van der Waals surface area contributed by atoms with Crippen LogP contribution in [0.3, 0.4) is 0 Å². The molecule has 3 heteroatoms. The van der Waals surface area contributed by atoms with Gasteiger partial charge in [0, 0.05) is 23.7 Å². The van der Waals surface area contributed by atoms with Gasteiger partial charge >= 0.3 is 0 Å². The third kappa shape index (κ3) is 1.93. The summed E-state index contributed by atoms with van der Waals surface area (Å²) in [6, 6.07) is 2.14. The second-order valence-electron chi connectivity index (χ2n) is 6.26. The maximum Gasteiger partial charge on any atom is 0.137 e. The number of hydrogen-bond donors (Lipinski definition) is 1. The van der Waals surface area contributed by atoms with Crippen molar-refractivity contribution in [3.8, 4) is 0 Å². The molecule has 96 valence electrons. The number of nitrogens with one attached hydrogen (secondary N) is 1. The van der Waals surface area contributed by atoms with Crippen LogP contribution >= 0.6 is 0 Å². The molecule has 0 radical (unpaired) electrons. The van der Waals surface area contributed by atoms with E-state index in [2.05, 4.69) is 36.8 Å². The molecule has 1 fully saturated rings. The normalized spacial score (nSPS) is 17.1. The van der Waals surface area contributed by atoms with Crippen molar-refractivity contribution in [2.75, 3.05) is 13.2 Å². The Morgan fingerprint density at radius 2 is 2.17 bits per heavy atom. The molecular weight excluding hydrogens is 224 g/mol. The van der Waals surface area contributed by atoms with Crippen LogP contribution in [0.4, 0.5) is 0 Å². The number of pyridine rings is 1. The van der Waals surface area contributed by atoms with E-state index in [9.17, 15) is 0 Å². The van der Waals surface area contributed by atoms with E-state index in [4.69, 9.17) is 4.74 Å². The summed E-state index contributed by atoms with van der Waals surface area (Å²) in [6.45, 7) is 8.62. The van der Waals surface area contributed by atoms with Crippen molar-refractivity contribution in [1.82, 2.24) is 9.97 Å². The molecule has 2 aromatic rings. The molecular formula is C15H20N2O. The molecule has 0 spiro atoms. The quantitative estimate of drug-likeness (QED) is 0.881.